The van der Waals surface area contributed by atoms with Crippen LogP contribution in [0.25, 0.3) is 12.2 Å². The molecule has 4 nitrogen and oxygen atoms in total. The Bertz CT molecular complexity index is 1300. The van der Waals surface area contributed by atoms with Crippen molar-refractivity contribution < 1.29 is 14.7 Å². The van der Waals surface area contributed by atoms with Gasteiger partial charge in [0.05, 0.1) is 11.6 Å². The fraction of sp³-hybridized carbons (Fsp3) is 0.107. The first kappa shape index (κ1) is 24.9. The largest absolute Gasteiger partial charge is 0.480 e. The number of carboxylic acids is 1. The van der Waals surface area contributed by atoms with E-state index in [2.05, 4.69) is 0 Å². The van der Waals surface area contributed by atoms with Gasteiger partial charge in [-0.2, -0.15) is 0 Å². The Balaban J connectivity index is 1.42. The highest BCUT2D eigenvalue weighted by Crippen LogP contribution is 2.33. The molecule has 1 unspecified atom stereocenters. The van der Waals surface area contributed by atoms with Crippen LogP contribution in [-0.4, -0.2) is 38.7 Å². The third kappa shape index (κ3) is 6.48. The number of benzene rings is 3. The van der Waals surface area contributed by atoms with Crippen molar-refractivity contribution in [1.82, 2.24) is 4.90 Å². The fourth-order valence-corrected chi connectivity index (χ4v) is 5.40. The van der Waals surface area contributed by atoms with Gasteiger partial charge in [0.15, 0.2) is 5.78 Å². The highest BCUT2D eigenvalue weighted by molar-refractivity contribution is 8.25. The van der Waals surface area contributed by atoms with E-state index in [1.165, 1.54) is 17.8 Å². The van der Waals surface area contributed by atoms with E-state index in [4.69, 9.17) is 23.8 Å². The topological polar surface area (TPSA) is 57.6 Å². The van der Waals surface area contributed by atoms with Crippen LogP contribution in [0.3, 0.4) is 0 Å². The second kappa shape index (κ2) is 11.5. The molecule has 0 aliphatic carbocycles. The smallest absolute Gasteiger partial charge is 0.326 e. The average Bonchev–Trinajstić information content (AvgIpc) is 3.22. The second-order valence-electron chi connectivity index (χ2n) is 7.99. The number of nitrogens with zero attached hydrogens (tertiary/aromatic N) is 1. The number of rotatable bonds is 8. The Hall–Kier alpha value is -3.19. The molecule has 1 saturated heterocycles. The molecule has 1 N–H and O–H groups in total. The van der Waals surface area contributed by atoms with Crippen molar-refractivity contribution in [2.45, 2.75) is 12.5 Å². The summed E-state index contributed by atoms with van der Waals surface area (Å²) in [5.41, 5.74) is 3.29. The lowest BCUT2D eigenvalue weighted by Crippen LogP contribution is -2.42. The van der Waals surface area contributed by atoms with Gasteiger partial charge < -0.3 is 10.0 Å². The monoisotopic (exact) mass is 519 g/mol. The van der Waals surface area contributed by atoms with Gasteiger partial charge in [0.2, 0.25) is 0 Å². The molecule has 0 saturated carbocycles. The quantitative estimate of drug-likeness (QED) is 0.205. The molecule has 0 amide bonds. The van der Waals surface area contributed by atoms with E-state index in [1.54, 1.807) is 35.2 Å². The molecule has 1 atom stereocenters. The van der Waals surface area contributed by atoms with Gasteiger partial charge >= 0.3 is 5.97 Å². The molecule has 0 spiro atoms. The molecule has 7 heteroatoms. The van der Waals surface area contributed by atoms with Crippen LogP contribution in [0, 0.1) is 0 Å². The lowest BCUT2D eigenvalue weighted by Gasteiger charge is -2.25. The highest BCUT2D eigenvalue weighted by atomic mass is 35.5. The molecule has 0 aromatic heterocycles. The van der Waals surface area contributed by atoms with Crippen LogP contribution >= 0.6 is 35.6 Å². The van der Waals surface area contributed by atoms with Crippen molar-refractivity contribution in [2.75, 3.05) is 6.54 Å². The van der Waals surface area contributed by atoms with Gasteiger partial charge in [0.1, 0.15) is 10.4 Å². The predicted molar refractivity (Wildman–Crippen MR) is 148 cm³/mol. The summed E-state index contributed by atoms with van der Waals surface area (Å²) < 4.78 is 0.567. The first-order valence-electron chi connectivity index (χ1n) is 10.9. The van der Waals surface area contributed by atoms with E-state index in [9.17, 15) is 14.7 Å². The minimum Gasteiger partial charge on any atom is -0.480 e. The Morgan fingerprint density at radius 1 is 1.00 bits per heavy atom. The van der Waals surface area contributed by atoms with Gasteiger partial charge in [-0.15, -0.1) is 0 Å². The van der Waals surface area contributed by atoms with Crippen LogP contribution < -0.4 is 0 Å². The molecule has 0 radical (unpaired) electrons. The van der Waals surface area contributed by atoms with E-state index >= 15 is 0 Å². The van der Waals surface area contributed by atoms with Crippen molar-refractivity contribution in [2.24, 2.45) is 0 Å². The second-order valence-corrected chi connectivity index (χ2v) is 10.2. The highest BCUT2D eigenvalue weighted by Gasteiger charge is 2.33. The molecule has 1 heterocycles. The maximum absolute atomic E-state index is 12.4. The van der Waals surface area contributed by atoms with Crippen molar-refractivity contribution in [3.8, 4) is 0 Å². The van der Waals surface area contributed by atoms with E-state index in [0.717, 1.165) is 21.6 Å². The summed E-state index contributed by atoms with van der Waals surface area (Å²) in [5, 5.41) is 10.3. The van der Waals surface area contributed by atoms with Crippen molar-refractivity contribution in [1.29, 1.82) is 0 Å². The number of allylic oxidation sites excluding steroid dienone is 1. The number of thiocarbonyl (C=S) groups is 1. The molecule has 176 valence electrons. The van der Waals surface area contributed by atoms with Crippen molar-refractivity contribution >= 4 is 63.8 Å². The zero-order valence-electron chi connectivity index (χ0n) is 18.6. The first-order chi connectivity index (χ1) is 16.9. The third-order valence-corrected chi connectivity index (χ3v) is 7.28. The van der Waals surface area contributed by atoms with Crippen LogP contribution in [0.4, 0.5) is 0 Å². The molecule has 1 aliphatic rings. The molecule has 0 bridgehead atoms. The molecule has 4 rings (SSSR count). The van der Waals surface area contributed by atoms with Crippen LogP contribution in [0.15, 0.2) is 89.8 Å². The normalized spacial score (nSPS) is 15.6. The predicted octanol–water partition coefficient (Wildman–Crippen LogP) is 6.61. The Kier molecular flexibility index (Phi) is 8.18. The molecule has 35 heavy (non-hydrogen) atoms. The summed E-state index contributed by atoms with van der Waals surface area (Å²) in [4.78, 5) is 27.1. The number of ketones is 1. The van der Waals surface area contributed by atoms with E-state index < -0.39 is 12.0 Å². The minimum absolute atomic E-state index is 0.152. The van der Waals surface area contributed by atoms with Gasteiger partial charge in [-0.3, -0.25) is 4.79 Å². The standard InChI is InChI=1S/C28H22ClNO3S2/c29-24-9-5-4-8-23(24)26(31)15-14-19-10-12-21(13-11-19)16-22-18-30(28(34)35-22)25(27(32)33)17-20-6-2-1-3-7-20/h1-16,25H,17-18H2,(H,32,33)/b15-14+,22-16?. The zero-order valence-corrected chi connectivity index (χ0v) is 21.0. The Labute approximate surface area is 218 Å². The van der Waals surface area contributed by atoms with Crippen LogP contribution in [0.1, 0.15) is 27.0 Å². The molecule has 1 aliphatic heterocycles. The number of hydrogen-bond acceptors (Lipinski definition) is 4. The summed E-state index contributed by atoms with van der Waals surface area (Å²) in [6.45, 7) is 0.460. The van der Waals surface area contributed by atoms with E-state index in [0.29, 0.717) is 27.9 Å². The fourth-order valence-electron chi connectivity index (χ4n) is 3.73. The summed E-state index contributed by atoms with van der Waals surface area (Å²) in [5.74, 6) is -1.04. The number of carbonyl (C=O) groups excluding carboxylic acids is 1. The van der Waals surface area contributed by atoms with E-state index in [1.807, 2.05) is 60.7 Å². The Morgan fingerprint density at radius 3 is 2.34 bits per heavy atom. The van der Waals surface area contributed by atoms with Gasteiger partial charge in [-0.1, -0.05) is 108 Å². The number of carboxylic acid groups (broad SMARTS) is 1. The van der Waals surface area contributed by atoms with Gasteiger partial charge in [0, 0.05) is 16.9 Å². The summed E-state index contributed by atoms with van der Waals surface area (Å²) in [6.07, 6.45) is 5.67. The maximum atomic E-state index is 12.4. The SMILES string of the molecule is O=C(/C=C/c1ccc(C=C2CN(C(Cc3ccccc3)C(=O)O)C(=S)S2)cc1)c1ccccc1Cl. The van der Waals surface area contributed by atoms with E-state index in [-0.39, 0.29) is 5.78 Å². The third-order valence-electron chi connectivity index (χ3n) is 5.54. The van der Waals surface area contributed by atoms with Crippen LogP contribution in [0.2, 0.25) is 5.02 Å². The number of aliphatic carboxylic acids is 1. The molecular formula is C28H22ClNO3S2. The molecule has 3 aromatic rings. The zero-order chi connectivity index (χ0) is 24.8. The molecule has 1 fully saturated rings. The lowest BCUT2D eigenvalue weighted by atomic mass is 10.0. The average molecular weight is 520 g/mol. The number of halogens is 1. The number of thioether (sulfide) groups is 1. The van der Waals surface area contributed by atoms with Crippen LogP contribution in [-0.2, 0) is 11.2 Å². The van der Waals surface area contributed by atoms with Gasteiger partial charge in [-0.05, 0) is 41.0 Å². The molecule has 3 aromatic carbocycles. The minimum atomic E-state index is -0.888. The summed E-state index contributed by atoms with van der Waals surface area (Å²) in [6, 6.07) is 23.6. The van der Waals surface area contributed by atoms with Crippen molar-refractivity contribution in [3.05, 3.63) is 117 Å². The first-order valence-corrected chi connectivity index (χ1v) is 12.5. The van der Waals surface area contributed by atoms with Crippen LogP contribution in [0.5, 0.6) is 0 Å². The lowest BCUT2D eigenvalue weighted by molar-refractivity contribution is -0.141. The molecular weight excluding hydrogens is 498 g/mol. The van der Waals surface area contributed by atoms with Gasteiger partial charge in [0.25, 0.3) is 0 Å². The summed E-state index contributed by atoms with van der Waals surface area (Å²) in [7, 11) is 0. The Morgan fingerprint density at radius 2 is 1.66 bits per heavy atom. The number of hydrogen-bond donors (Lipinski definition) is 1. The number of carbonyl (C=O) groups is 2. The maximum Gasteiger partial charge on any atom is 0.326 e. The van der Waals surface area contributed by atoms with Crippen molar-refractivity contribution in [3.63, 3.8) is 0 Å². The summed E-state index contributed by atoms with van der Waals surface area (Å²) >= 11 is 13.0. The van der Waals surface area contributed by atoms with Gasteiger partial charge in [-0.25, -0.2) is 4.79 Å².